The highest BCUT2D eigenvalue weighted by atomic mass is 16.2. The van der Waals surface area contributed by atoms with Gasteiger partial charge in [0, 0.05) is 24.3 Å². The molecule has 0 radical (unpaired) electrons. The third kappa shape index (κ3) is 3.88. The van der Waals surface area contributed by atoms with Crippen LogP contribution in [0.15, 0.2) is 60.7 Å². The molecule has 0 saturated carbocycles. The highest BCUT2D eigenvalue weighted by molar-refractivity contribution is 6.07. The van der Waals surface area contributed by atoms with Crippen LogP contribution in [0.2, 0.25) is 0 Å². The second-order valence-electron chi connectivity index (χ2n) is 7.87. The number of hydrogen-bond acceptors (Lipinski definition) is 2. The lowest BCUT2D eigenvalue weighted by Crippen LogP contribution is -2.43. The summed E-state index contributed by atoms with van der Waals surface area (Å²) in [6, 6.07) is 19.7. The standard InChI is InChI=1S/C25H26N2O2/c1-17-8-5-9-18(2)23(17)26-24(28)20-12-7-15-27(16-20)25(29)22-14-6-11-19-10-3-4-13-21(19)22/h3-6,8-11,13-14,20H,7,12,15-16H2,1-2H3,(H,26,28). The van der Waals surface area contributed by atoms with E-state index in [1.165, 1.54) is 0 Å². The Labute approximate surface area is 171 Å². The number of rotatable bonds is 3. The number of benzene rings is 3. The number of nitrogens with one attached hydrogen (secondary N) is 1. The van der Waals surface area contributed by atoms with Crippen molar-refractivity contribution in [1.29, 1.82) is 0 Å². The van der Waals surface area contributed by atoms with Crippen molar-refractivity contribution in [1.82, 2.24) is 4.90 Å². The number of amides is 2. The van der Waals surface area contributed by atoms with Crippen molar-refractivity contribution in [3.8, 4) is 0 Å². The zero-order chi connectivity index (χ0) is 20.4. The van der Waals surface area contributed by atoms with Crippen molar-refractivity contribution in [2.45, 2.75) is 26.7 Å². The van der Waals surface area contributed by atoms with Crippen LogP contribution < -0.4 is 5.32 Å². The maximum atomic E-state index is 13.2. The number of para-hydroxylation sites is 1. The zero-order valence-corrected chi connectivity index (χ0v) is 16.9. The molecule has 29 heavy (non-hydrogen) atoms. The van der Waals surface area contributed by atoms with Gasteiger partial charge < -0.3 is 10.2 Å². The van der Waals surface area contributed by atoms with Crippen LogP contribution >= 0.6 is 0 Å². The number of likely N-dealkylation sites (tertiary alicyclic amines) is 1. The number of piperidine rings is 1. The number of anilines is 1. The van der Waals surface area contributed by atoms with Gasteiger partial charge in [-0.3, -0.25) is 9.59 Å². The van der Waals surface area contributed by atoms with Gasteiger partial charge in [-0.05, 0) is 54.7 Å². The van der Waals surface area contributed by atoms with Gasteiger partial charge in [-0.2, -0.15) is 0 Å². The van der Waals surface area contributed by atoms with Crippen LogP contribution in [0.5, 0.6) is 0 Å². The van der Waals surface area contributed by atoms with E-state index < -0.39 is 0 Å². The number of aryl methyl sites for hydroxylation is 2. The topological polar surface area (TPSA) is 49.4 Å². The first-order valence-corrected chi connectivity index (χ1v) is 10.2. The van der Waals surface area contributed by atoms with Crippen LogP contribution in [0.25, 0.3) is 10.8 Å². The van der Waals surface area contributed by atoms with Gasteiger partial charge in [0.2, 0.25) is 5.91 Å². The summed E-state index contributed by atoms with van der Waals surface area (Å²) < 4.78 is 0. The van der Waals surface area contributed by atoms with Gasteiger partial charge in [0.05, 0.1) is 5.92 Å². The molecule has 0 aromatic heterocycles. The fourth-order valence-corrected chi connectivity index (χ4v) is 4.19. The molecule has 1 saturated heterocycles. The highest BCUT2D eigenvalue weighted by Crippen LogP contribution is 2.26. The molecule has 2 amide bonds. The molecule has 1 aliphatic heterocycles. The monoisotopic (exact) mass is 386 g/mol. The van der Waals surface area contributed by atoms with E-state index in [0.717, 1.165) is 40.4 Å². The van der Waals surface area contributed by atoms with E-state index in [0.29, 0.717) is 18.7 Å². The third-order valence-electron chi connectivity index (χ3n) is 5.83. The van der Waals surface area contributed by atoms with Crippen LogP contribution in [-0.4, -0.2) is 29.8 Å². The number of hydrogen-bond donors (Lipinski definition) is 1. The van der Waals surface area contributed by atoms with Crippen molar-refractivity contribution in [2.75, 3.05) is 18.4 Å². The molecule has 1 aliphatic rings. The molecule has 0 aliphatic carbocycles. The Morgan fingerprint density at radius 1 is 0.931 bits per heavy atom. The lowest BCUT2D eigenvalue weighted by atomic mass is 9.95. The van der Waals surface area contributed by atoms with E-state index in [4.69, 9.17) is 0 Å². The average Bonchev–Trinajstić information content (AvgIpc) is 2.75. The summed E-state index contributed by atoms with van der Waals surface area (Å²) in [4.78, 5) is 28.0. The minimum Gasteiger partial charge on any atom is -0.338 e. The van der Waals surface area contributed by atoms with E-state index in [2.05, 4.69) is 5.32 Å². The molecule has 0 bridgehead atoms. The molecule has 1 N–H and O–H groups in total. The number of carbonyl (C=O) groups excluding carboxylic acids is 2. The largest absolute Gasteiger partial charge is 0.338 e. The SMILES string of the molecule is Cc1cccc(C)c1NC(=O)C1CCCN(C(=O)c2cccc3ccccc23)C1. The molecule has 1 unspecified atom stereocenters. The molecule has 0 spiro atoms. The van der Waals surface area contributed by atoms with Gasteiger partial charge in [0.15, 0.2) is 0 Å². The van der Waals surface area contributed by atoms with E-state index in [1.54, 1.807) is 0 Å². The van der Waals surface area contributed by atoms with Crippen LogP contribution in [0.3, 0.4) is 0 Å². The Hall–Kier alpha value is -3.14. The molecule has 1 fully saturated rings. The fraction of sp³-hybridized carbons (Fsp3) is 0.280. The number of fused-ring (bicyclic) bond motifs is 1. The van der Waals surface area contributed by atoms with Gasteiger partial charge in [0.1, 0.15) is 0 Å². The van der Waals surface area contributed by atoms with Crippen LogP contribution in [0.1, 0.15) is 34.3 Å². The summed E-state index contributed by atoms with van der Waals surface area (Å²) in [7, 11) is 0. The van der Waals surface area contributed by atoms with Crippen LogP contribution in [-0.2, 0) is 4.79 Å². The summed E-state index contributed by atoms with van der Waals surface area (Å²) >= 11 is 0. The Balaban J connectivity index is 1.52. The van der Waals surface area contributed by atoms with Crippen LogP contribution in [0, 0.1) is 19.8 Å². The van der Waals surface area contributed by atoms with Gasteiger partial charge in [-0.1, -0.05) is 54.6 Å². The number of nitrogens with zero attached hydrogens (tertiary/aromatic N) is 1. The molecule has 1 heterocycles. The molecule has 3 aromatic carbocycles. The first kappa shape index (κ1) is 19.2. The predicted molar refractivity (Wildman–Crippen MR) is 117 cm³/mol. The zero-order valence-electron chi connectivity index (χ0n) is 16.9. The highest BCUT2D eigenvalue weighted by Gasteiger charge is 2.29. The summed E-state index contributed by atoms with van der Waals surface area (Å²) in [5.41, 5.74) is 3.70. The van der Waals surface area contributed by atoms with E-state index in [9.17, 15) is 9.59 Å². The maximum Gasteiger partial charge on any atom is 0.254 e. The maximum absolute atomic E-state index is 13.2. The van der Waals surface area contributed by atoms with Gasteiger partial charge in [-0.15, -0.1) is 0 Å². The Kier molecular flexibility index (Phi) is 5.34. The van der Waals surface area contributed by atoms with Crippen molar-refractivity contribution in [3.05, 3.63) is 77.4 Å². The van der Waals surface area contributed by atoms with Gasteiger partial charge in [-0.25, -0.2) is 0 Å². The Morgan fingerprint density at radius 2 is 1.62 bits per heavy atom. The first-order valence-electron chi connectivity index (χ1n) is 10.2. The predicted octanol–water partition coefficient (Wildman–Crippen LogP) is 4.95. The normalized spacial score (nSPS) is 16.6. The second kappa shape index (κ2) is 8.08. The van der Waals surface area contributed by atoms with E-state index in [-0.39, 0.29) is 17.7 Å². The summed E-state index contributed by atoms with van der Waals surface area (Å²) in [5.74, 6) is -0.189. The van der Waals surface area contributed by atoms with E-state index in [1.807, 2.05) is 79.4 Å². The minimum absolute atomic E-state index is 0.00202. The van der Waals surface area contributed by atoms with Gasteiger partial charge >= 0.3 is 0 Å². The summed E-state index contributed by atoms with van der Waals surface area (Å²) in [6.07, 6.45) is 1.64. The molecule has 1 atom stereocenters. The minimum atomic E-state index is -0.193. The Bertz CT molecular complexity index is 1050. The summed E-state index contributed by atoms with van der Waals surface area (Å²) in [6.45, 7) is 5.15. The van der Waals surface area contributed by atoms with Gasteiger partial charge in [0.25, 0.3) is 5.91 Å². The first-order chi connectivity index (χ1) is 14.0. The second-order valence-corrected chi connectivity index (χ2v) is 7.87. The average molecular weight is 386 g/mol. The van der Waals surface area contributed by atoms with Crippen molar-refractivity contribution in [2.24, 2.45) is 5.92 Å². The third-order valence-corrected chi connectivity index (χ3v) is 5.83. The number of carbonyl (C=O) groups is 2. The molecule has 4 rings (SSSR count). The molecule has 4 nitrogen and oxygen atoms in total. The van der Waals surface area contributed by atoms with E-state index >= 15 is 0 Å². The molecule has 4 heteroatoms. The van der Waals surface area contributed by atoms with Crippen molar-refractivity contribution in [3.63, 3.8) is 0 Å². The quantitative estimate of drug-likeness (QED) is 0.693. The summed E-state index contributed by atoms with van der Waals surface area (Å²) in [5, 5.41) is 5.12. The fourth-order valence-electron chi connectivity index (χ4n) is 4.19. The molecule has 3 aromatic rings. The molecular weight excluding hydrogens is 360 g/mol. The van der Waals surface area contributed by atoms with Crippen LogP contribution in [0.4, 0.5) is 5.69 Å². The Morgan fingerprint density at radius 3 is 2.41 bits per heavy atom. The van der Waals surface area contributed by atoms with Crippen molar-refractivity contribution >= 4 is 28.3 Å². The van der Waals surface area contributed by atoms with Crippen molar-refractivity contribution < 1.29 is 9.59 Å². The molecule has 148 valence electrons. The lowest BCUT2D eigenvalue weighted by Gasteiger charge is -2.32. The molecular formula is C25H26N2O2. The lowest BCUT2D eigenvalue weighted by molar-refractivity contribution is -0.121. The smallest absolute Gasteiger partial charge is 0.254 e.